The van der Waals surface area contributed by atoms with Crippen LogP contribution in [-0.4, -0.2) is 79.8 Å². The van der Waals surface area contributed by atoms with Crippen LogP contribution < -0.4 is 21.5 Å². The zero-order chi connectivity index (χ0) is 33.6. The first-order valence-electron chi connectivity index (χ1n) is 16.1. The maximum atomic E-state index is 14.9. The van der Waals surface area contributed by atoms with Gasteiger partial charge in [-0.2, -0.15) is 11.8 Å². The van der Waals surface area contributed by atoms with E-state index >= 15 is 0 Å². The van der Waals surface area contributed by atoms with Crippen LogP contribution in [0.2, 0.25) is 0 Å². The molecule has 2 aliphatic rings. The molecule has 1 amide bonds. The van der Waals surface area contributed by atoms with Crippen LogP contribution in [0.1, 0.15) is 44.0 Å². The molecule has 2 fully saturated rings. The number of aromatic nitrogens is 4. The molecule has 0 radical (unpaired) electrons. The van der Waals surface area contributed by atoms with E-state index in [9.17, 15) is 23.6 Å². The number of rotatable bonds is 8. The van der Waals surface area contributed by atoms with Gasteiger partial charge in [-0.15, -0.1) is 0 Å². The lowest BCUT2D eigenvalue weighted by atomic mass is 9.98. The van der Waals surface area contributed by atoms with Crippen LogP contribution in [0.15, 0.2) is 63.0 Å². The summed E-state index contributed by atoms with van der Waals surface area (Å²) in [5.74, 6) is 7.46. The number of benzene rings is 2. The Kier molecular flexibility index (Phi) is 10.4. The van der Waals surface area contributed by atoms with E-state index in [0.717, 1.165) is 44.3 Å². The lowest BCUT2D eigenvalue weighted by molar-refractivity contribution is -0.130. The highest BCUT2D eigenvalue weighted by Gasteiger charge is 2.22. The summed E-state index contributed by atoms with van der Waals surface area (Å²) < 4.78 is 22.2. The highest BCUT2D eigenvalue weighted by Crippen LogP contribution is 2.27. The van der Waals surface area contributed by atoms with Crippen molar-refractivity contribution in [1.29, 1.82) is 0 Å². The molecule has 0 spiro atoms. The van der Waals surface area contributed by atoms with E-state index in [2.05, 4.69) is 31.7 Å². The Morgan fingerprint density at radius 2 is 1.83 bits per heavy atom. The lowest BCUT2D eigenvalue weighted by Gasteiger charge is -2.31. The molecule has 0 unspecified atom stereocenters. The van der Waals surface area contributed by atoms with Crippen LogP contribution in [0.4, 0.5) is 4.39 Å². The van der Waals surface area contributed by atoms with Crippen LogP contribution in [0.25, 0.3) is 16.6 Å². The van der Waals surface area contributed by atoms with Crippen molar-refractivity contribution in [1.82, 2.24) is 29.3 Å². The topological polar surface area (TPSA) is 133 Å². The van der Waals surface area contributed by atoms with Gasteiger partial charge in [-0.1, -0.05) is 17.9 Å². The minimum absolute atomic E-state index is 0.0719. The van der Waals surface area contributed by atoms with Gasteiger partial charge >= 0.3 is 5.69 Å². The molecule has 2 aromatic carbocycles. The number of carbonyl (C=O) groups excluding carboxylic acids is 1. The minimum atomic E-state index is -0.658. The summed E-state index contributed by atoms with van der Waals surface area (Å²) in [6.07, 6.45) is 5.04. The molecule has 48 heavy (non-hydrogen) atoms. The first kappa shape index (κ1) is 33.2. The van der Waals surface area contributed by atoms with Crippen LogP contribution in [0, 0.1) is 23.6 Å². The average molecular weight is 673 g/mol. The van der Waals surface area contributed by atoms with Gasteiger partial charge in [0.15, 0.2) is 0 Å². The zero-order valence-electron chi connectivity index (χ0n) is 26.7. The molecule has 2 aromatic heterocycles. The Morgan fingerprint density at radius 3 is 2.58 bits per heavy atom. The molecule has 2 N–H and O–H groups in total. The van der Waals surface area contributed by atoms with Gasteiger partial charge in [-0.25, -0.2) is 14.2 Å². The molecule has 13 heteroatoms. The van der Waals surface area contributed by atoms with Crippen LogP contribution in [0.3, 0.4) is 0 Å². The summed E-state index contributed by atoms with van der Waals surface area (Å²) >= 11 is 1.73. The van der Waals surface area contributed by atoms with Crippen molar-refractivity contribution in [3.05, 3.63) is 97.1 Å². The first-order chi connectivity index (χ1) is 23.2. The molecule has 4 heterocycles. The molecule has 0 aliphatic carbocycles. The first-order valence-corrected chi connectivity index (χ1v) is 17.1. The molecule has 2 saturated heterocycles. The van der Waals surface area contributed by atoms with Crippen molar-refractivity contribution in [2.75, 3.05) is 39.3 Å². The molecule has 0 saturated carbocycles. The van der Waals surface area contributed by atoms with Crippen molar-refractivity contribution in [2.45, 2.75) is 43.6 Å². The average Bonchev–Trinajstić information content (AvgIpc) is 3.07. The van der Waals surface area contributed by atoms with Crippen molar-refractivity contribution < 1.29 is 13.9 Å². The summed E-state index contributed by atoms with van der Waals surface area (Å²) in [4.78, 5) is 61.6. The number of hydrogen-bond acceptors (Lipinski definition) is 8. The second-order valence-electron chi connectivity index (χ2n) is 12.2. The van der Waals surface area contributed by atoms with E-state index in [1.165, 1.54) is 22.9 Å². The Morgan fingerprint density at radius 1 is 1.04 bits per heavy atom. The molecule has 0 atom stereocenters. The predicted octanol–water partition coefficient (Wildman–Crippen LogP) is 3.29. The molecular formula is C35H37FN6O5S. The molecule has 6 rings (SSSR count). The van der Waals surface area contributed by atoms with Crippen LogP contribution >= 0.6 is 11.8 Å². The molecule has 0 bridgehead atoms. The van der Waals surface area contributed by atoms with Gasteiger partial charge in [0.1, 0.15) is 22.8 Å². The molecule has 11 nitrogen and oxygen atoms in total. The van der Waals surface area contributed by atoms with Crippen LogP contribution in [0.5, 0.6) is 5.75 Å². The molecule has 250 valence electrons. The van der Waals surface area contributed by atoms with E-state index in [-0.39, 0.29) is 22.7 Å². The van der Waals surface area contributed by atoms with Crippen molar-refractivity contribution in [2.24, 2.45) is 5.92 Å². The van der Waals surface area contributed by atoms with Gasteiger partial charge in [-0.3, -0.25) is 28.8 Å². The van der Waals surface area contributed by atoms with E-state index in [4.69, 9.17) is 4.74 Å². The van der Waals surface area contributed by atoms with Gasteiger partial charge in [0, 0.05) is 68.3 Å². The minimum Gasteiger partial charge on any atom is -0.493 e. The summed E-state index contributed by atoms with van der Waals surface area (Å²) in [5, 5.41) is 0.320. The Balaban J connectivity index is 0.994. The van der Waals surface area contributed by atoms with Crippen molar-refractivity contribution in [3.63, 3.8) is 0 Å². The number of H-pyrrole nitrogens is 2. The fourth-order valence-corrected chi connectivity index (χ4v) is 7.14. The quantitative estimate of drug-likeness (QED) is 0.273. The van der Waals surface area contributed by atoms with Crippen molar-refractivity contribution in [3.8, 4) is 23.3 Å². The van der Waals surface area contributed by atoms with Gasteiger partial charge in [-0.05, 0) is 49.8 Å². The van der Waals surface area contributed by atoms with E-state index in [1.807, 2.05) is 23.1 Å². The van der Waals surface area contributed by atoms with Crippen LogP contribution in [-0.2, 0) is 10.5 Å². The third-order valence-electron chi connectivity index (χ3n) is 8.80. The molecular weight excluding hydrogens is 635 g/mol. The number of likely N-dealkylation sites (tertiary alicyclic amines) is 2. The summed E-state index contributed by atoms with van der Waals surface area (Å²) in [7, 11) is 0. The number of thioether (sulfide) groups is 1. The molecule has 4 aromatic rings. The SMILES string of the molecule is CC(=O)N1CCC(COc2cc(F)c3c(=O)[nH]c(CSC4CCN(CC#Cc5cccc(-n6ccc(=O)[nH]c6=O)c5)CC4)nc3c2)CC1. The number of hydrogen-bond donors (Lipinski definition) is 2. The number of carbonyl (C=O) groups is 1. The zero-order valence-corrected chi connectivity index (χ0v) is 27.5. The van der Waals surface area contributed by atoms with Crippen molar-refractivity contribution >= 4 is 28.6 Å². The number of halogens is 1. The third kappa shape index (κ3) is 8.24. The predicted molar refractivity (Wildman–Crippen MR) is 183 cm³/mol. The monoisotopic (exact) mass is 672 g/mol. The van der Waals surface area contributed by atoms with Gasteiger partial charge in [0.05, 0.1) is 30.1 Å². The summed E-state index contributed by atoms with van der Waals surface area (Å²) in [6, 6.07) is 11.5. The maximum absolute atomic E-state index is 14.9. The third-order valence-corrected chi connectivity index (χ3v) is 10.2. The number of ether oxygens (including phenoxy) is 1. The van der Waals surface area contributed by atoms with Gasteiger partial charge < -0.3 is 14.6 Å². The summed E-state index contributed by atoms with van der Waals surface area (Å²) in [5.41, 5.74) is 0.238. The number of nitrogens with one attached hydrogen (secondary N) is 2. The normalized spacial score (nSPS) is 16.1. The van der Waals surface area contributed by atoms with E-state index in [1.54, 1.807) is 30.8 Å². The largest absolute Gasteiger partial charge is 0.493 e. The Labute approximate surface area is 280 Å². The van der Waals surface area contributed by atoms with Gasteiger partial charge in [0.2, 0.25) is 5.91 Å². The molecule has 2 aliphatic heterocycles. The number of aromatic amines is 2. The second-order valence-corrected chi connectivity index (χ2v) is 13.5. The fraction of sp³-hybridized carbons (Fsp3) is 0.400. The number of nitrogens with zero attached hydrogens (tertiary/aromatic N) is 4. The number of piperidine rings is 2. The number of amides is 1. The Hall–Kier alpha value is -4.67. The lowest BCUT2D eigenvalue weighted by Crippen LogP contribution is -2.38. The summed E-state index contributed by atoms with van der Waals surface area (Å²) in [6.45, 7) is 5.78. The van der Waals surface area contributed by atoms with Gasteiger partial charge in [0.25, 0.3) is 11.1 Å². The Bertz CT molecular complexity index is 2030. The second kappa shape index (κ2) is 15.0. The standard InChI is InChI=1S/C35H37FN6O5S/c1-23(43)41-15-7-25(8-16-41)21-47-27-19-29(36)33-30(20-27)37-31(38-34(33)45)22-48-28-9-13-40(14-10-28)12-3-5-24-4-2-6-26(18-24)42-17-11-32(44)39-35(42)46/h2,4,6,11,17-20,25,28H,7-10,12-16,21-22H2,1H3,(H,37,38,45)(H,39,44,46). The highest BCUT2D eigenvalue weighted by molar-refractivity contribution is 7.99. The van der Waals surface area contributed by atoms with E-state index in [0.29, 0.717) is 54.5 Å². The fourth-order valence-electron chi connectivity index (χ4n) is 6.07. The smallest absolute Gasteiger partial charge is 0.332 e. The van der Waals surface area contributed by atoms with E-state index < -0.39 is 22.6 Å². The highest BCUT2D eigenvalue weighted by atomic mass is 32.2. The maximum Gasteiger partial charge on any atom is 0.332 e. The number of fused-ring (bicyclic) bond motifs is 1.